The van der Waals surface area contributed by atoms with Crippen LogP contribution in [0.1, 0.15) is 39.3 Å². The Morgan fingerprint density at radius 2 is 1.73 bits per heavy atom. The van der Waals surface area contributed by atoms with Crippen molar-refractivity contribution >= 4 is 38.9 Å². The maximum atomic E-state index is 12.6. The Balaban J connectivity index is 1.72. The van der Waals surface area contributed by atoms with Crippen molar-refractivity contribution in [2.24, 2.45) is 0 Å². The number of thiophene rings is 1. The third-order valence-corrected chi connectivity index (χ3v) is 7.10. The van der Waals surface area contributed by atoms with Gasteiger partial charge in [0.1, 0.15) is 0 Å². The van der Waals surface area contributed by atoms with Crippen molar-refractivity contribution in [2.75, 3.05) is 18.4 Å². The van der Waals surface area contributed by atoms with Gasteiger partial charge in [0.25, 0.3) is 5.91 Å². The number of benzene rings is 1. The number of rotatable bonds is 5. The lowest BCUT2D eigenvalue weighted by Gasteiger charge is -2.25. The van der Waals surface area contributed by atoms with E-state index in [0.717, 1.165) is 30.6 Å². The van der Waals surface area contributed by atoms with Crippen molar-refractivity contribution in [3.63, 3.8) is 0 Å². The SMILES string of the molecule is O=C(O)c1ccc(NC(=O)c2cc(S(=O)(=O)N3CCCCC3)cs2)cc1. The minimum absolute atomic E-state index is 0.119. The number of carbonyl (C=O) groups is 2. The van der Waals surface area contributed by atoms with Gasteiger partial charge in [0.2, 0.25) is 10.0 Å². The molecule has 3 rings (SSSR count). The fourth-order valence-electron chi connectivity index (χ4n) is 2.72. The van der Waals surface area contributed by atoms with E-state index in [2.05, 4.69) is 5.32 Å². The molecular weight excluding hydrogens is 376 g/mol. The summed E-state index contributed by atoms with van der Waals surface area (Å²) in [6.45, 7) is 1.02. The number of carbonyl (C=O) groups excluding carboxylic acids is 1. The number of anilines is 1. The molecular formula is C17H18N2O5S2. The lowest BCUT2D eigenvalue weighted by Crippen LogP contribution is -2.35. The molecule has 0 unspecified atom stereocenters. The average Bonchev–Trinajstić information content (AvgIpc) is 3.14. The van der Waals surface area contributed by atoms with Crippen molar-refractivity contribution in [1.82, 2.24) is 4.31 Å². The van der Waals surface area contributed by atoms with E-state index in [4.69, 9.17) is 5.11 Å². The van der Waals surface area contributed by atoms with Gasteiger partial charge >= 0.3 is 5.97 Å². The Bertz CT molecular complexity index is 913. The lowest BCUT2D eigenvalue weighted by atomic mass is 10.2. The number of hydrogen-bond acceptors (Lipinski definition) is 5. The molecule has 0 aliphatic carbocycles. The molecule has 1 amide bonds. The predicted octanol–water partition coefficient (Wildman–Crippen LogP) is 2.87. The predicted molar refractivity (Wildman–Crippen MR) is 98.3 cm³/mol. The van der Waals surface area contributed by atoms with E-state index in [0.29, 0.717) is 18.8 Å². The summed E-state index contributed by atoms with van der Waals surface area (Å²) in [4.78, 5) is 23.6. The first kappa shape index (κ1) is 18.6. The normalized spacial score (nSPS) is 15.5. The summed E-state index contributed by atoms with van der Waals surface area (Å²) < 4.78 is 26.7. The van der Waals surface area contributed by atoms with Crippen LogP contribution in [0, 0.1) is 0 Å². The van der Waals surface area contributed by atoms with Gasteiger partial charge in [0.05, 0.1) is 15.3 Å². The van der Waals surface area contributed by atoms with Crippen LogP contribution < -0.4 is 5.32 Å². The standard InChI is InChI=1S/C17H18N2O5S2/c20-16(18-13-6-4-12(5-7-13)17(21)22)15-10-14(11-25-15)26(23,24)19-8-2-1-3-9-19/h4-7,10-11H,1-3,8-9H2,(H,18,20)(H,21,22). The van der Waals surface area contributed by atoms with E-state index in [1.165, 1.54) is 40.0 Å². The van der Waals surface area contributed by atoms with Gasteiger partial charge in [-0.15, -0.1) is 11.3 Å². The highest BCUT2D eigenvalue weighted by atomic mass is 32.2. The molecule has 2 N–H and O–H groups in total. The molecule has 0 spiro atoms. The first-order valence-corrected chi connectivity index (χ1v) is 10.4. The second-order valence-electron chi connectivity index (χ2n) is 5.95. The van der Waals surface area contributed by atoms with Gasteiger partial charge in [-0.2, -0.15) is 4.31 Å². The Morgan fingerprint density at radius 3 is 2.35 bits per heavy atom. The van der Waals surface area contributed by atoms with Crippen molar-refractivity contribution in [3.8, 4) is 0 Å². The average molecular weight is 394 g/mol. The molecule has 2 heterocycles. The van der Waals surface area contributed by atoms with Crippen molar-refractivity contribution < 1.29 is 23.1 Å². The van der Waals surface area contributed by atoms with Gasteiger partial charge < -0.3 is 10.4 Å². The highest BCUT2D eigenvalue weighted by Gasteiger charge is 2.27. The van der Waals surface area contributed by atoms with Crippen molar-refractivity contribution in [3.05, 3.63) is 46.2 Å². The van der Waals surface area contributed by atoms with Crippen LogP contribution in [0.25, 0.3) is 0 Å². The first-order valence-electron chi connectivity index (χ1n) is 8.11. The summed E-state index contributed by atoms with van der Waals surface area (Å²) in [6, 6.07) is 7.13. The maximum Gasteiger partial charge on any atom is 0.335 e. The lowest BCUT2D eigenvalue weighted by molar-refractivity contribution is 0.0696. The van der Waals surface area contributed by atoms with Gasteiger partial charge in [0.15, 0.2) is 0 Å². The summed E-state index contributed by atoms with van der Waals surface area (Å²) in [5.41, 5.74) is 0.558. The third-order valence-electron chi connectivity index (χ3n) is 4.14. The van der Waals surface area contributed by atoms with E-state index < -0.39 is 21.9 Å². The zero-order valence-corrected chi connectivity index (χ0v) is 15.5. The molecule has 0 radical (unpaired) electrons. The van der Waals surface area contributed by atoms with Crippen LogP contribution in [0.15, 0.2) is 40.6 Å². The number of aromatic carboxylic acids is 1. The fraction of sp³-hybridized carbons (Fsp3) is 0.294. The Labute approximate surface area is 155 Å². The van der Waals surface area contributed by atoms with E-state index >= 15 is 0 Å². The molecule has 0 saturated carbocycles. The molecule has 2 aromatic rings. The molecule has 9 heteroatoms. The molecule has 1 aromatic heterocycles. The van der Waals surface area contributed by atoms with Gasteiger partial charge in [-0.1, -0.05) is 6.42 Å². The van der Waals surface area contributed by atoms with Crippen molar-refractivity contribution in [2.45, 2.75) is 24.2 Å². The number of carboxylic acids is 1. The Morgan fingerprint density at radius 1 is 1.08 bits per heavy atom. The first-order chi connectivity index (χ1) is 12.4. The van der Waals surface area contributed by atoms with Gasteiger partial charge in [-0.25, -0.2) is 13.2 Å². The quantitative estimate of drug-likeness (QED) is 0.811. The summed E-state index contributed by atoms with van der Waals surface area (Å²) in [5, 5.41) is 13.0. The Hall–Kier alpha value is -2.23. The van der Waals surface area contributed by atoms with E-state index in [-0.39, 0.29) is 15.3 Å². The summed E-state index contributed by atoms with van der Waals surface area (Å²) >= 11 is 1.06. The molecule has 0 bridgehead atoms. The maximum absolute atomic E-state index is 12.6. The minimum Gasteiger partial charge on any atom is -0.478 e. The number of amides is 1. The van der Waals surface area contributed by atoms with Gasteiger partial charge in [-0.05, 0) is 43.2 Å². The molecule has 1 aliphatic rings. The van der Waals surface area contributed by atoms with Crippen LogP contribution in [0.2, 0.25) is 0 Å². The largest absolute Gasteiger partial charge is 0.478 e. The smallest absolute Gasteiger partial charge is 0.335 e. The van der Waals surface area contributed by atoms with Crippen LogP contribution >= 0.6 is 11.3 Å². The molecule has 0 atom stereocenters. The Kier molecular flexibility index (Phi) is 5.40. The molecule has 1 aliphatic heterocycles. The summed E-state index contributed by atoms with van der Waals surface area (Å²) in [7, 11) is -3.56. The molecule has 7 nitrogen and oxygen atoms in total. The number of hydrogen-bond donors (Lipinski definition) is 2. The highest BCUT2D eigenvalue weighted by molar-refractivity contribution is 7.89. The van der Waals surface area contributed by atoms with Crippen LogP contribution in [-0.4, -0.2) is 42.8 Å². The van der Waals surface area contributed by atoms with Crippen LogP contribution in [0.5, 0.6) is 0 Å². The van der Waals surface area contributed by atoms with Gasteiger partial charge in [-0.3, -0.25) is 4.79 Å². The number of nitrogens with one attached hydrogen (secondary N) is 1. The van der Waals surface area contributed by atoms with E-state index in [9.17, 15) is 18.0 Å². The van der Waals surface area contributed by atoms with Crippen LogP contribution in [0.4, 0.5) is 5.69 Å². The molecule has 138 valence electrons. The second-order valence-corrected chi connectivity index (χ2v) is 8.80. The van der Waals surface area contributed by atoms with E-state index in [1.807, 2.05) is 0 Å². The zero-order valence-electron chi connectivity index (χ0n) is 13.8. The monoisotopic (exact) mass is 394 g/mol. The van der Waals surface area contributed by atoms with Crippen LogP contribution in [-0.2, 0) is 10.0 Å². The summed E-state index contributed by atoms with van der Waals surface area (Å²) in [5.74, 6) is -1.48. The zero-order chi connectivity index (χ0) is 18.7. The number of carboxylic acid groups (broad SMARTS) is 1. The topological polar surface area (TPSA) is 104 Å². The molecule has 1 aromatic carbocycles. The molecule has 1 saturated heterocycles. The molecule has 26 heavy (non-hydrogen) atoms. The number of sulfonamides is 1. The van der Waals surface area contributed by atoms with Crippen LogP contribution in [0.3, 0.4) is 0 Å². The highest BCUT2D eigenvalue weighted by Crippen LogP contribution is 2.25. The number of piperidine rings is 1. The third kappa shape index (κ3) is 3.95. The van der Waals surface area contributed by atoms with Crippen molar-refractivity contribution in [1.29, 1.82) is 0 Å². The van der Waals surface area contributed by atoms with Gasteiger partial charge in [0, 0.05) is 24.2 Å². The summed E-state index contributed by atoms with van der Waals surface area (Å²) in [6.07, 6.45) is 2.73. The van der Waals surface area contributed by atoms with E-state index in [1.54, 1.807) is 0 Å². The fourth-order valence-corrected chi connectivity index (χ4v) is 5.39. The number of nitrogens with zero attached hydrogens (tertiary/aromatic N) is 1. The minimum atomic E-state index is -3.56. The molecule has 1 fully saturated rings. The second kappa shape index (κ2) is 7.56.